The van der Waals surface area contributed by atoms with Crippen molar-refractivity contribution in [1.82, 2.24) is 0 Å². The summed E-state index contributed by atoms with van der Waals surface area (Å²) in [6, 6.07) is 6.29. The van der Waals surface area contributed by atoms with E-state index >= 15 is 0 Å². The summed E-state index contributed by atoms with van der Waals surface area (Å²) in [4.78, 5) is 11.0. The van der Waals surface area contributed by atoms with E-state index < -0.39 is 5.91 Å². The van der Waals surface area contributed by atoms with Crippen molar-refractivity contribution in [2.45, 2.75) is 65.2 Å². The number of rotatable bonds is 7. The summed E-state index contributed by atoms with van der Waals surface area (Å²) in [5, 5.41) is 0. The van der Waals surface area contributed by atoms with Crippen molar-refractivity contribution in [3.05, 3.63) is 29.3 Å². The Morgan fingerprint density at radius 2 is 1.67 bits per heavy atom. The lowest BCUT2D eigenvalue weighted by Crippen LogP contribution is -2.24. The Morgan fingerprint density at radius 3 is 2.14 bits per heavy atom. The van der Waals surface area contributed by atoms with E-state index in [4.69, 9.17) is 10.5 Å². The summed E-state index contributed by atoms with van der Waals surface area (Å²) in [7, 11) is 0. The first kappa shape index (κ1) is 17.5. The Hall–Kier alpha value is -1.51. The van der Waals surface area contributed by atoms with Crippen molar-refractivity contribution in [3.63, 3.8) is 0 Å². The van der Waals surface area contributed by atoms with Crippen molar-refractivity contribution in [2.24, 2.45) is 5.73 Å². The Balaban J connectivity index is 3.30. The molecule has 0 radical (unpaired) electrons. The van der Waals surface area contributed by atoms with E-state index in [1.54, 1.807) is 0 Å². The molecule has 118 valence electrons. The van der Waals surface area contributed by atoms with E-state index in [1.807, 2.05) is 6.07 Å². The average molecular weight is 291 g/mol. The highest BCUT2D eigenvalue weighted by Gasteiger charge is 2.26. The zero-order chi connectivity index (χ0) is 16.3. The third-order valence-electron chi connectivity index (χ3n) is 4.63. The van der Waals surface area contributed by atoms with Gasteiger partial charge in [-0.05, 0) is 35.3 Å². The smallest absolute Gasteiger partial charge is 0.255 e. The number of nitrogens with two attached hydrogens (primary N) is 1. The monoisotopic (exact) mass is 291 g/mol. The van der Waals surface area contributed by atoms with Gasteiger partial charge in [-0.25, -0.2) is 0 Å². The van der Waals surface area contributed by atoms with Gasteiger partial charge in [0, 0.05) is 5.56 Å². The second-order valence-corrected chi connectivity index (χ2v) is 6.94. The highest BCUT2D eigenvalue weighted by Crippen LogP contribution is 2.38. The third kappa shape index (κ3) is 4.23. The molecule has 0 saturated heterocycles. The molecule has 0 bridgehead atoms. The van der Waals surface area contributed by atoms with Crippen molar-refractivity contribution < 1.29 is 9.53 Å². The van der Waals surface area contributed by atoms with Crippen LogP contribution in [0, 0.1) is 0 Å². The topological polar surface area (TPSA) is 52.3 Å². The Kier molecular flexibility index (Phi) is 5.43. The molecule has 1 aromatic carbocycles. The SMILES string of the molecule is CCC(C)(C)c1ccc(OCC(N)=O)c(C(C)(C)CC)c1. The Bertz CT molecular complexity index is 504. The van der Waals surface area contributed by atoms with Crippen LogP contribution in [0.2, 0.25) is 0 Å². The molecule has 0 saturated carbocycles. The van der Waals surface area contributed by atoms with Gasteiger partial charge in [-0.1, -0.05) is 53.7 Å². The first-order chi connectivity index (χ1) is 9.64. The minimum Gasteiger partial charge on any atom is -0.483 e. The normalized spacial score (nSPS) is 12.3. The van der Waals surface area contributed by atoms with Crippen molar-refractivity contribution in [2.75, 3.05) is 6.61 Å². The van der Waals surface area contributed by atoms with E-state index in [0.29, 0.717) is 0 Å². The molecular weight excluding hydrogens is 262 g/mol. The van der Waals surface area contributed by atoms with E-state index in [0.717, 1.165) is 24.2 Å². The fourth-order valence-corrected chi connectivity index (χ4v) is 2.15. The number of primary amides is 1. The Labute approximate surface area is 128 Å². The molecule has 0 aliphatic carbocycles. The van der Waals surface area contributed by atoms with Crippen molar-refractivity contribution in [3.8, 4) is 5.75 Å². The molecule has 3 nitrogen and oxygen atoms in total. The first-order valence-corrected chi connectivity index (χ1v) is 7.70. The molecule has 2 N–H and O–H groups in total. The van der Waals surface area contributed by atoms with Crippen LogP contribution in [0.25, 0.3) is 0 Å². The van der Waals surface area contributed by atoms with Gasteiger partial charge in [0.05, 0.1) is 0 Å². The Morgan fingerprint density at radius 1 is 1.10 bits per heavy atom. The largest absolute Gasteiger partial charge is 0.483 e. The zero-order valence-corrected chi connectivity index (χ0v) is 14.2. The van der Waals surface area contributed by atoms with Gasteiger partial charge in [0.25, 0.3) is 5.91 Å². The minimum atomic E-state index is -0.451. The number of ether oxygens (including phenoxy) is 1. The van der Waals surface area contributed by atoms with E-state index in [1.165, 1.54) is 5.56 Å². The van der Waals surface area contributed by atoms with Gasteiger partial charge in [0.1, 0.15) is 5.75 Å². The van der Waals surface area contributed by atoms with Gasteiger partial charge in [-0.3, -0.25) is 4.79 Å². The summed E-state index contributed by atoms with van der Waals surface area (Å²) in [6.45, 7) is 13.2. The molecule has 0 atom stereocenters. The van der Waals surface area contributed by atoms with Gasteiger partial charge >= 0.3 is 0 Å². The highest BCUT2D eigenvalue weighted by atomic mass is 16.5. The van der Waals surface area contributed by atoms with Crippen LogP contribution in [0.3, 0.4) is 0 Å². The van der Waals surface area contributed by atoms with E-state index in [2.05, 4.69) is 53.7 Å². The van der Waals surface area contributed by atoms with Crippen LogP contribution in [0.5, 0.6) is 5.75 Å². The fourth-order valence-electron chi connectivity index (χ4n) is 2.15. The fraction of sp³-hybridized carbons (Fsp3) is 0.611. The number of carbonyl (C=O) groups is 1. The lowest BCUT2D eigenvalue weighted by atomic mass is 9.76. The quantitative estimate of drug-likeness (QED) is 0.827. The number of amides is 1. The maximum Gasteiger partial charge on any atom is 0.255 e. The lowest BCUT2D eigenvalue weighted by Gasteiger charge is -2.30. The molecule has 0 spiro atoms. The van der Waals surface area contributed by atoms with Crippen molar-refractivity contribution >= 4 is 5.91 Å². The maximum atomic E-state index is 11.0. The van der Waals surface area contributed by atoms with Gasteiger partial charge in [-0.15, -0.1) is 0 Å². The highest BCUT2D eigenvalue weighted by molar-refractivity contribution is 5.75. The van der Waals surface area contributed by atoms with Crippen LogP contribution in [0.15, 0.2) is 18.2 Å². The third-order valence-corrected chi connectivity index (χ3v) is 4.63. The van der Waals surface area contributed by atoms with Gasteiger partial charge in [0.15, 0.2) is 6.61 Å². The maximum absolute atomic E-state index is 11.0. The average Bonchev–Trinajstić information content (AvgIpc) is 2.44. The molecule has 0 unspecified atom stereocenters. The molecule has 0 aliphatic rings. The van der Waals surface area contributed by atoms with Crippen LogP contribution >= 0.6 is 0 Å². The summed E-state index contributed by atoms with van der Waals surface area (Å²) in [5.41, 5.74) is 7.75. The lowest BCUT2D eigenvalue weighted by molar-refractivity contribution is -0.119. The molecule has 0 aromatic heterocycles. The predicted molar refractivity (Wildman–Crippen MR) is 87.8 cm³/mol. The summed E-state index contributed by atoms with van der Waals surface area (Å²) in [6.07, 6.45) is 2.07. The second kappa shape index (κ2) is 6.50. The number of benzene rings is 1. The van der Waals surface area contributed by atoms with Gasteiger partial charge < -0.3 is 10.5 Å². The van der Waals surface area contributed by atoms with Crippen LogP contribution in [-0.2, 0) is 15.6 Å². The van der Waals surface area contributed by atoms with Gasteiger partial charge in [-0.2, -0.15) is 0 Å². The van der Waals surface area contributed by atoms with Crippen molar-refractivity contribution in [1.29, 1.82) is 0 Å². The van der Waals surface area contributed by atoms with Crippen LogP contribution < -0.4 is 10.5 Å². The molecular formula is C18H29NO2. The predicted octanol–water partition coefficient (Wildman–Crippen LogP) is 3.93. The van der Waals surface area contributed by atoms with Crippen LogP contribution in [0.1, 0.15) is 65.5 Å². The molecule has 1 amide bonds. The molecule has 0 aliphatic heterocycles. The molecule has 21 heavy (non-hydrogen) atoms. The minimum absolute atomic E-state index is 0.00713. The summed E-state index contributed by atoms with van der Waals surface area (Å²) in [5.74, 6) is 0.310. The number of carbonyl (C=O) groups excluding carboxylic acids is 1. The second-order valence-electron chi connectivity index (χ2n) is 6.94. The first-order valence-electron chi connectivity index (χ1n) is 7.70. The standard InChI is InChI=1S/C18H29NO2/c1-7-17(3,4)13-9-10-15(21-12-16(19)20)14(11-13)18(5,6)8-2/h9-11H,7-8,12H2,1-6H3,(H2,19,20). The van der Waals surface area contributed by atoms with Crippen LogP contribution in [0.4, 0.5) is 0 Å². The molecule has 0 heterocycles. The van der Waals surface area contributed by atoms with E-state index in [9.17, 15) is 4.79 Å². The summed E-state index contributed by atoms with van der Waals surface area (Å²) < 4.78 is 5.61. The number of hydrogen-bond acceptors (Lipinski definition) is 2. The van der Waals surface area contributed by atoms with E-state index in [-0.39, 0.29) is 17.4 Å². The van der Waals surface area contributed by atoms with Gasteiger partial charge in [0.2, 0.25) is 0 Å². The number of hydrogen-bond donors (Lipinski definition) is 1. The summed E-state index contributed by atoms with van der Waals surface area (Å²) >= 11 is 0. The molecule has 0 fully saturated rings. The van der Waals surface area contributed by atoms with Crippen LogP contribution in [-0.4, -0.2) is 12.5 Å². The molecule has 1 rings (SSSR count). The zero-order valence-electron chi connectivity index (χ0n) is 14.2. The molecule has 3 heteroatoms. The molecule has 1 aromatic rings.